The van der Waals surface area contributed by atoms with Crippen LogP contribution in [0, 0.1) is 0 Å². The SMILES string of the molecule is CC1CCC(C(=O)NC/C=C/CN)O1. The molecule has 0 spiro atoms. The van der Waals surface area contributed by atoms with Crippen LogP contribution in [0.15, 0.2) is 12.2 Å². The minimum Gasteiger partial charge on any atom is -0.365 e. The first-order valence-electron chi connectivity index (χ1n) is 5.02. The normalized spacial score (nSPS) is 27.0. The van der Waals surface area contributed by atoms with Crippen LogP contribution in [-0.4, -0.2) is 31.2 Å². The van der Waals surface area contributed by atoms with Crippen molar-refractivity contribution in [1.29, 1.82) is 0 Å². The van der Waals surface area contributed by atoms with Crippen LogP contribution in [-0.2, 0) is 9.53 Å². The molecule has 80 valence electrons. The summed E-state index contributed by atoms with van der Waals surface area (Å²) in [7, 11) is 0. The molecule has 0 aliphatic carbocycles. The lowest BCUT2D eigenvalue weighted by atomic mass is 10.2. The lowest BCUT2D eigenvalue weighted by molar-refractivity contribution is -0.131. The first-order chi connectivity index (χ1) is 6.74. The highest BCUT2D eigenvalue weighted by atomic mass is 16.5. The van der Waals surface area contributed by atoms with Gasteiger partial charge < -0.3 is 15.8 Å². The minimum absolute atomic E-state index is 0.0176. The van der Waals surface area contributed by atoms with E-state index in [0.29, 0.717) is 13.1 Å². The molecule has 2 atom stereocenters. The number of hydrogen-bond donors (Lipinski definition) is 2. The number of carbonyl (C=O) groups excluding carboxylic acids is 1. The topological polar surface area (TPSA) is 64.4 Å². The van der Waals surface area contributed by atoms with Gasteiger partial charge in [-0.15, -0.1) is 0 Å². The molecule has 1 saturated heterocycles. The molecule has 1 heterocycles. The molecule has 14 heavy (non-hydrogen) atoms. The molecule has 0 radical (unpaired) electrons. The van der Waals surface area contributed by atoms with E-state index in [1.807, 2.05) is 19.1 Å². The number of carbonyl (C=O) groups is 1. The number of hydrogen-bond acceptors (Lipinski definition) is 3. The molecule has 0 aromatic heterocycles. The molecule has 2 unspecified atom stereocenters. The van der Waals surface area contributed by atoms with Crippen molar-refractivity contribution in [2.45, 2.75) is 32.0 Å². The van der Waals surface area contributed by atoms with E-state index in [1.165, 1.54) is 0 Å². The van der Waals surface area contributed by atoms with E-state index < -0.39 is 0 Å². The van der Waals surface area contributed by atoms with Gasteiger partial charge in [-0.1, -0.05) is 12.2 Å². The highest BCUT2D eigenvalue weighted by Crippen LogP contribution is 2.18. The Morgan fingerprint density at radius 3 is 2.93 bits per heavy atom. The Labute approximate surface area is 84.5 Å². The summed E-state index contributed by atoms with van der Waals surface area (Å²) in [4.78, 5) is 11.5. The number of nitrogens with two attached hydrogens (primary N) is 1. The zero-order chi connectivity index (χ0) is 10.4. The van der Waals surface area contributed by atoms with Crippen LogP contribution >= 0.6 is 0 Å². The van der Waals surface area contributed by atoms with Gasteiger partial charge >= 0.3 is 0 Å². The number of rotatable bonds is 4. The zero-order valence-electron chi connectivity index (χ0n) is 8.53. The Morgan fingerprint density at radius 1 is 1.57 bits per heavy atom. The average molecular weight is 198 g/mol. The molecule has 3 N–H and O–H groups in total. The second-order valence-corrected chi connectivity index (χ2v) is 3.46. The first kappa shape index (κ1) is 11.2. The number of amides is 1. The lowest BCUT2D eigenvalue weighted by Crippen LogP contribution is -2.34. The van der Waals surface area contributed by atoms with Crippen molar-refractivity contribution in [3.8, 4) is 0 Å². The molecule has 0 saturated carbocycles. The van der Waals surface area contributed by atoms with Crippen molar-refractivity contribution in [2.24, 2.45) is 5.73 Å². The van der Waals surface area contributed by atoms with Gasteiger partial charge in [-0.2, -0.15) is 0 Å². The van der Waals surface area contributed by atoms with Crippen molar-refractivity contribution in [2.75, 3.05) is 13.1 Å². The molecule has 1 aliphatic heterocycles. The average Bonchev–Trinajstić information content (AvgIpc) is 2.59. The van der Waals surface area contributed by atoms with E-state index in [-0.39, 0.29) is 18.1 Å². The van der Waals surface area contributed by atoms with E-state index in [2.05, 4.69) is 5.32 Å². The molecule has 4 heteroatoms. The van der Waals surface area contributed by atoms with Crippen LogP contribution < -0.4 is 11.1 Å². The molecule has 4 nitrogen and oxygen atoms in total. The zero-order valence-corrected chi connectivity index (χ0v) is 8.53. The fourth-order valence-electron chi connectivity index (χ4n) is 1.45. The van der Waals surface area contributed by atoms with E-state index in [0.717, 1.165) is 12.8 Å². The first-order valence-corrected chi connectivity index (χ1v) is 5.02. The Kier molecular flexibility index (Phi) is 4.62. The van der Waals surface area contributed by atoms with Gasteiger partial charge in [0.05, 0.1) is 6.10 Å². The van der Waals surface area contributed by atoms with Crippen LogP contribution in [0.3, 0.4) is 0 Å². The monoisotopic (exact) mass is 198 g/mol. The Morgan fingerprint density at radius 2 is 2.36 bits per heavy atom. The van der Waals surface area contributed by atoms with Gasteiger partial charge in [-0.3, -0.25) is 4.79 Å². The predicted molar refractivity (Wildman–Crippen MR) is 54.8 cm³/mol. The standard InChI is InChI=1S/C10H18N2O2/c1-8-4-5-9(14-8)10(13)12-7-3-2-6-11/h2-3,8-9H,4-7,11H2,1H3,(H,12,13)/b3-2+. The van der Waals surface area contributed by atoms with Gasteiger partial charge in [0.25, 0.3) is 0 Å². The molecule has 0 aromatic rings. The molecular weight excluding hydrogens is 180 g/mol. The largest absolute Gasteiger partial charge is 0.365 e. The van der Waals surface area contributed by atoms with Crippen LogP contribution in [0.5, 0.6) is 0 Å². The predicted octanol–water partition coefficient (Wildman–Crippen LogP) is 0.185. The van der Waals surface area contributed by atoms with Crippen molar-refractivity contribution in [1.82, 2.24) is 5.32 Å². The summed E-state index contributed by atoms with van der Waals surface area (Å²) in [6.07, 6.45) is 5.42. The third kappa shape index (κ3) is 3.47. The maximum Gasteiger partial charge on any atom is 0.249 e. The van der Waals surface area contributed by atoms with Gasteiger partial charge in [-0.25, -0.2) is 0 Å². The molecule has 1 rings (SSSR count). The maximum absolute atomic E-state index is 11.5. The fourth-order valence-corrected chi connectivity index (χ4v) is 1.45. The molecule has 0 bridgehead atoms. The van der Waals surface area contributed by atoms with E-state index >= 15 is 0 Å². The molecule has 0 aromatic carbocycles. The Bertz CT molecular complexity index is 216. The molecule has 1 amide bonds. The van der Waals surface area contributed by atoms with Gasteiger partial charge in [-0.05, 0) is 19.8 Å². The minimum atomic E-state index is -0.253. The van der Waals surface area contributed by atoms with Gasteiger partial charge in [0.2, 0.25) is 5.91 Å². The summed E-state index contributed by atoms with van der Waals surface area (Å²) < 4.78 is 5.42. The maximum atomic E-state index is 11.5. The lowest BCUT2D eigenvalue weighted by Gasteiger charge is -2.10. The van der Waals surface area contributed by atoms with E-state index in [9.17, 15) is 4.79 Å². The van der Waals surface area contributed by atoms with Crippen molar-refractivity contribution in [3.63, 3.8) is 0 Å². The summed E-state index contributed by atoms with van der Waals surface area (Å²) in [5.74, 6) is -0.0176. The highest BCUT2D eigenvalue weighted by molar-refractivity contribution is 5.81. The quantitative estimate of drug-likeness (QED) is 0.634. The van der Waals surface area contributed by atoms with Gasteiger partial charge in [0.15, 0.2) is 0 Å². The molecular formula is C10H18N2O2. The van der Waals surface area contributed by atoms with E-state index in [1.54, 1.807) is 0 Å². The highest BCUT2D eigenvalue weighted by Gasteiger charge is 2.27. The second-order valence-electron chi connectivity index (χ2n) is 3.46. The van der Waals surface area contributed by atoms with Crippen LogP contribution in [0.2, 0.25) is 0 Å². The third-order valence-corrected chi connectivity index (χ3v) is 2.22. The number of nitrogens with one attached hydrogen (secondary N) is 1. The van der Waals surface area contributed by atoms with Gasteiger partial charge in [0, 0.05) is 13.1 Å². The van der Waals surface area contributed by atoms with Gasteiger partial charge in [0.1, 0.15) is 6.10 Å². The Hall–Kier alpha value is -0.870. The van der Waals surface area contributed by atoms with Crippen LogP contribution in [0.1, 0.15) is 19.8 Å². The molecule has 1 aliphatic rings. The smallest absolute Gasteiger partial charge is 0.249 e. The van der Waals surface area contributed by atoms with Crippen molar-refractivity contribution < 1.29 is 9.53 Å². The second kappa shape index (κ2) is 5.78. The molecule has 1 fully saturated rings. The summed E-state index contributed by atoms with van der Waals surface area (Å²) >= 11 is 0. The number of ether oxygens (including phenoxy) is 1. The third-order valence-electron chi connectivity index (χ3n) is 2.22. The van der Waals surface area contributed by atoms with Crippen molar-refractivity contribution in [3.05, 3.63) is 12.2 Å². The fraction of sp³-hybridized carbons (Fsp3) is 0.700. The van der Waals surface area contributed by atoms with Crippen LogP contribution in [0.4, 0.5) is 0 Å². The summed E-state index contributed by atoms with van der Waals surface area (Å²) in [6.45, 7) is 3.03. The Balaban J connectivity index is 2.18. The summed E-state index contributed by atoms with van der Waals surface area (Å²) in [6, 6.07) is 0. The summed E-state index contributed by atoms with van der Waals surface area (Å²) in [5, 5.41) is 2.77. The van der Waals surface area contributed by atoms with Crippen molar-refractivity contribution >= 4 is 5.91 Å². The van der Waals surface area contributed by atoms with Crippen LogP contribution in [0.25, 0.3) is 0 Å². The summed E-state index contributed by atoms with van der Waals surface area (Å²) in [5.41, 5.74) is 5.26. The van der Waals surface area contributed by atoms with E-state index in [4.69, 9.17) is 10.5 Å².